The predicted molar refractivity (Wildman–Crippen MR) is 140 cm³/mol. The molecule has 0 unspecified atom stereocenters. The molecule has 0 aliphatic rings. The molecule has 6 heteroatoms. The van der Waals surface area contributed by atoms with Crippen LogP contribution in [-0.2, 0) is 0 Å². The van der Waals surface area contributed by atoms with Crippen LogP contribution in [0, 0.1) is 0 Å². The lowest BCUT2D eigenvalue weighted by atomic mass is 10.2. The van der Waals surface area contributed by atoms with Crippen LogP contribution >= 0.6 is 11.3 Å². The van der Waals surface area contributed by atoms with Crippen molar-refractivity contribution in [3.8, 4) is 0 Å². The minimum Gasteiger partial charge on any atom is -0.365 e. The third kappa shape index (κ3) is 6.79. The first-order chi connectivity index (χ1) is 16.9. The Morgan fingerprint density at radius 2 is 1.29 bits per heavy atom. The van der Waals surface area contributed by atoms with E-state index in [9.17, 15) is 0 Å². The maximum atomic E-state index is 4.33. The van der Waals surface area contributed by atoms with Crippen LogP contribution in [0.25, 0.3) is 31.9 Å². The first-order valence-electron chi connectivity index (χ1n) is 10.6. The van der Waals surface area contributed by atoms with Gasteiger partial charge in [-0.15, -0.1) is 11.3 Å². The van der Waals surface area contributed by atoms with Gasteiger partial charge in [0.2, 0.25) is 0 Å². The highest BCUT2D eigenvalue weighted by Gasteiger charge is 1.90. The summed E-state index contributed by atoms with van der Waals surface area (Å²) in [5.41, 5.74) is 4.03. The SMILES string of the molecule is c1ccc2cnccc2c1.c1ccc2ncccc2c1.c1ccc2scnc2c1.c1cnoc1. The first-order valence-corrected chi connectivity index (χ1v) is 11.5. The van der Waals surface area contributed by atoms with Crippen molar-refractivity contribution in [3.63, 3.8) is 0 Å². The van der Waals surface area contributed by atoms with Crippen molar-refractivity contribution in [2.24, 2.45) is 0 Å². The number of nitrogens with zero attached hydrogens (tertiary/aromatic N) is 4. The van der Waals surface area contributed by atoms with E-state index >= 15 is 0 Å². The average Bonchev–Trinajstić information content (AvgIpc) is 3.65. The zero-order valence-electron chi connectivity index (χ0n) is 18.3. The van der Waals surface area contributed by atoms with Gasteiger partial charge in [0, 0.05) is 24.0 Å². The monoisotopic (exact) mass is 462 g/mol. The third-order valence-electron chi connectivity index (χ3n) is 4.65. The molecule has 0 radical (unpaired) electrons. The second-order valence-corrected chi connectivity index (χ2v) is 7.81. The number of para-hydroxylation sites is 2. The van der Waals surface area contributed by atoms with Gasteiger partial charge in [-0.3, -0.25) is 9.97 Å². The van der Waals surface area contributed by atoms with Crippen molar-refractivity contribution >= 4 is 43.2 Å². The van der Waals surface area contributed by atoms with E-state index in [1.807, 2.05) is 84.8 Å². The number of pyridine rings is 2. The first kappa shape index (κ1) is 22.8. The van der Waals surface area contributed by atoms with Gasteiger partial charge in [-0.2, -0.15) is 0 Å². The normalized spacial score (nSPS) is 9.76. The molecule has 0 saturated heterocycles. The van der Waals surface area contributed by atoms with E-state index < -0.39 is 0 Å². The molecule has 0 aliphatic heterocycles. The summed E-state index contributed by atoms with van der Waals surface area (Å²) in [5.74, 6) is 0. The van der Waals surface area contributed by atoms with E-state index in [0.29, 0.717) is 0 Å². The molecule has 0 saturated carbocycles. The fourth-order valence-corrected chi connectivity index (χ4v) is 3.70. The highest BCUT2D eigenvalue weighted by molar-refractivity contribution is 7.16. The maximum Gasteiger partial charge on any atom is 0.123 e. The zero-order chi connectivity index (χ0) is 23.3. The van der Waals surface area contributed by atoms with Gasteiger partial charge in [-0.05, 0) is 47.2 Å². The number of hydrogen-bond donors (Lipinski definition) is 0. The van der Waals surface area contributed by atoms with Gasteiger partial charge >= 0.3 is 0 Å². The Balaban J connectivity index is 0.000000110. The molecular formula is C28H22N4OS. The summed E-state index contributed by atoms with van der Waals surface area (Å²) in [7, 11) is 0. The Hall–Kier alpha value is -4.42. The summed E-state index contributed by atoms with van der Waals surface area (Å²) in [6.07, 6.45) is 8.58. The maximum absolute atomic E-state index is 4.33. The van der Waals surface area contributed by atoms with Crippen molar-refractivity contribution in [1.82, 2.24) is 20.1 Å². The second kappa shape index (κ2) is 12.6. The molecule has 7 aromatic rings. The Kier molecular flexibility index (Phi) is 8.42. The second-order valence-electron chi connectivity index (χ2n) is 6.93. The molecule has 166 valence electrons. The van der Waals surface area contributed by atoms with Crippen LogP contribution in [-0.4, -0.2) is 20.1 Å². The molecule has 5 nitrogen and oxygen atoms in total. The van der Waals surface area contributed by atoms with Crippen LogP contribution in [0.1, 0.15) is 0 Å². The average molecular weight is 463 g/mol. The minimum absolute atomic E-state index is 1.06. The van der Waals surface area contributed by atoms with E-state index in [2.05, 4.69) is 55.0 Å². The standard InChI is InChI=1S/2C9H7N.C7H5NS.C3H3NO/c1-2-6-9-8(4-1)5-3-7-10-9;1-2-4-9-7-10-6-5-8(9)3-1;1-2-4-7-6(3-1)8-5-9-7;1-2-4-5-3-1/h2*1-7H;1-5H;1-3H. The molecular weight excluding hydrogens is 440 g/mol. The van der Waals surface area contributed by atoms with E-state index in [0.717, 1.165) is 11.0 Å². The molecule has 4 heterocycles. The van der Waals surface area contributed by atoms with Gasteiger partial charge in [0.25, 0.3) is 0 Å². The van der Waals surface area contributed by atoms with Crippen molar-refractivity contribution in [3.05, 3.63) is 134 Å². The van der Waals surface area contributed by atoms with Crippen LogP contribution < -0.4 is 0 Å². The van der Waals surface area contributed by atoms with Crippen molar-refractivity contribution in [2.45, 2.75) is 0 Å². The highest BCUT2D eigenvalue weighted by atomic mass is 32.1. The summed E-state index contributed by atoms with van der Waals surface area (Å²) in [4.78, 5) is 12.3. The van der Waals surface area contributed by atoms with Gasteiger partial charge in [0.05, 0.1) is 27.4 Å². The van der Waals surface area contributed by atoms with Crippen LogP contribution in [0.4, 0.5) is 0 Å². The van der Waals surface area contributed by atoms with Crippen molar-refractivity contribution in [1.29, 1.82) is 0 Å². The van der Waals surface area contributed by atoms with E-state index in [4.69, 9.17) is 0 Å². The number of fused-ring (bicyclic) bond motifs is 3. The van der Waals surface area contributed by atoms with Gasteiger partial charge in [0.15, 0.2) is 0 Å². The predicted octanol–water partition coefficient (Wildman–Crippen LogP) is 7.44. The topological polar surface area (TPSA) is 64.7 Å². The Morgan fingerprint density at radius 1 is 0.559 bits per heavy atom. The Bertz CT molecular complexity index is 1280. The lowest BCUT2D eigenvalue weighted by Gasteiger charge is -1.91. The lowest BCUT2D eigenvalue weighted by molar-refractivity contribution is 0.420. The van der Waals surface area contributed by atoms with Gasteiger partial charge < -0.3 is 4.52 Å². The molecule has 0 atom stereocenters. The van der Waals surface area contributed by atoms with E-state index in [1.54, 1.807) is 23.6 Å². The molecule has 34 heavy (non-hydrogen) atoms. The summed E-state index contributed by atoms with van der Waals surface area (Å²) in [6.45, 7) is 0. The molecule has 0 aliphatic carbocycles. The molecule has 7 rings (SSSR count). The summed E-state index contributed by atoms with van der Waals surface area (Å²) in [6, 6.07) is 32.1. The van der Waals surface area contributed by atoms with Gasteiger partial charge in [0.1, 0.15) is 6.26 Å². The summed E-state index contributed by atoms with van der Waals surface area (Å²) >= 11 is 1.68. The summed E-state index contributed by atoms with van der Waals surface area (Å²) < 4.78 is 5.59. The Morgan fingerprint density at radius 3 is 2.00 bits per heavy atom. The van der Waals surface area contributed by atoms with Crippen LogP contribution in [0.15, 0.2) is 138 Å². The van der Waals surface area contributed by atoms with Crippen molar-refractivity contribution in [2.75, 3.05) is 0 Å². The fourth-order valence-electron chi connectivity index (χ4n) is 3.02. The largest absolute Gasteiger partial charge is 0.365 e. The van der Waals surface area contributed by atoms with Crippen LogP contribution in [0.5, 0.6) is 0 Å². The zero-order valence-corrected chi connectivity index (χ0v) is 19.1. The number of thiazole rings is 1. The molecule has 0 fully saturated rings. The van der Waals surface area contributed by atoms with E-state index in [1.165, 1.54) is 27.1 Å². The van der Waals surface area contributed by atoms with Gasteiger partial charge in [-0.1, -0.05) is 65.8 Å². The lowest BCUT2D eigenvalue weighted by Crippen LogP contribution is -1.73. The van der Waals surface area contributed by atoms with Crippen LogP contribution in [0.3, 0.4) is 0 Å². The van der Waals surface area contributed by atoms with Crippen molar-refractivity contribution < 1.29 is 4.52 Å². The fraction of sp³-hybridized carbons (Fsp3) is 0. The molecule has 0 spiro atoms. The molecule has 4 aromatic heterocycles. The molecule has 0 bridgehead atoms. The number of hydrogen-bond acceptors (Lipinski definition) is 6. The quantitative estimate of drug-likeness (QED) is 0.234. The number of aromatic nitrogens is 4. The molecule has 0 N–H and O–H groups in total. The smallest absolute Gasteiger partial charge is 0.123 e. The minimum atomic E-state index is 1.06. The van der Waals surface area contributed by atoms with Gasteiger partial charge in [-0.25, -0.2) is 4.98 Å². The third-order valence-corrected chi connectivity index (χ3v) is 5.46. The Labute approximate surface area is 201 Å². The number of rotatable bonds is 0. The molecule has 0 amide bonds. The highest BCUT2D eigenvalue weighted by Crippen LogP contribution is 2.15. The summed E-state index contributed by atoms with van der Waals surface area (Å²) in [5, 5.41) is 6.99. The number of benzene rings is 3. The van der Waals surface area contributed by atoms with E-state index in [-0.39, 0.29) is 0 Å². The molecule has 3 aromatic carbocycles. The van der Waals surface area contributed by atoms with Crippen LogP contribution in [0.2, 0.25) is 0 Å².